The van der Waals surface area contributed by atoms with E-state index in [1.54, 1.807) is 5.32 Å². The number of aryl methyl sites for hydroxylation is 1. The molecule has 114 valence electrons. The van der Waals surface area contributed by atoms with Crippen molar-refractivity contribution in [1.29, 1.82) is 0 Å². The van der Waals surface area contributed by atoms with Crippen LogP contribution in [0.3, 0.4) is 0 Å². The van der Waals surface area contributed by atoms with Crippen LogP contribution in [-0.2, 0) is 9.59 Å². The second-order valence-corrected chi connectivity index (χ2v) is 4.14. The van der Waals surface area contributed by atoms with Gasteiger partial charge in [-0.05, 0) is 18.6 Å². The highest BCUT2D eigenvalue weighted by molar-refractivity contribution is 5.93. The second kappa shape index (κ2) is 6.64. The summed E-state index contributed by atoms with van der Waals surface area (Å²) in [5.41, 5.74) is -0.668. The Kier molecular flexibility index (Phi) is 5.17. The molecule has 0 radical (unpaired) electrons. The summed E-state index contributed by atoms with van der Waals surface area (Å²) in [6.07, 6.45) is -0.873. The van der Waals surface area contributed by atoms with Gasteiger partial charge >= 0.3 is 18.0 Å². The van der Waals surface area contributed by atoms with Crippen LogP contribution < -0.4 is 10.6 Å². The number of carboxylic acid groups (broad SMARTS) is 2. The SMILES string of the molecule is Cc1ccc(F)c(NC(=O)N[C@H](CC(=O)O)C(=O)O)c1F. The molecule has 0 heterocycles. The molecule has 0 bridgehead atoms. The average molecular weight is 302 g/mol. The van der Waals surface area contributed by atoms with Gasteiger partial charge in [0.2, 0.25) is 0 Å². The highest BCUT2D eigenvalue weighted by Gasteiger charge is 2.24. The number of aliphatic carboxylic acids is 2. The van der Waals surface area contributed by atoms with Crippen molar-refractivity contribution in [3.63, 3.8) is 0 Å². The monoisotopic (exact) mass is 302 g/mol. The molecule has 1 aromatic carbocycles. The van der Waals surface area contributed by atoms with Crippen LogP contribution in [0.1, 0.15) is 12.0 Å². The first-order valence-corrected chi connectivity index (χ1v) is 5.69. The second-order valence-electron chi connectivity index (χ2n) is 4.14. The van der Waals surface area contributed by atoms with Crippen molar-refractivity contribution in [3.05, 3.63) is 29.3 Å². The minimum atomic E-state index is -1.72. The Balaban J connectivity index is 2.84. The van der Waals surface area contributed by atoms with E-state index < -0.39 is 47.8 Å². The van der Waals surface area contributed by atoms with Crippen LogP contribution in [0.5, 0.6) is 0 Å². The van der Waals surface area contributed by atoms with E-state index in [0.29, 0.717) is 0 Å². The summed E-state index contributed by atoms with van der Waals surface area (Å²) < 4.78 is 27.0. The topological polar surface area (TPSA) is 116 Å². The Morgan fingerprint density at radius 3 is 2.38 bits per heavy atom. The Labute approximate surface area is 117 Å². The van der Waals surface area contributed by atoms with Gasteiger partial charge in [0.1, 0.15) is 17.5 Å². The third kappa shape index (κ3) is 4.41. The molecule has 0 aliphatic carbocycles. The average Bonchev–Trinajstić information content (AvgIpc) is 2.38. The molecule has 0 saturated heterocycles. The number of halogens is 2. The van der Waals surface area contributed by atoms with Crippen molar-refractivity contribution < 1.29 is 33.4 Å². The van der Waals surface area contributed by atoms with Gasteiger partial charge in [-0.1, -0.05) is 6.07 Å². The largest absolute Gasteiger partial charge is 0.481 e. The van der Waals surface area contributed by atoms with Crippen molar-refractivity contribution in [2.75, 3.05) is 5.32 Å². The lowest BCUT2D eigenvalue weighted by molar-refractivity contribution is -0.145. The molecule has 1 aromatic rings. The lowest BCUT2D eigenvalue weighted by Crippen LogP contribution is -2.44. The molecule has 7 nitrogen and oxygen atoms in total. The fourth-order valence-corrected chi connectivity index (χ4v) is 1.45. The maximum Gasteiger partial charge on any atom is 0.326 e. The van der Waals surface area contributed by atoms with Gasteiger partial charge < -0.3 is 20.8 Å². The highest BCUT2D eigenvalue weighted by atomic mass is 19.1. The predicted octanol–water partition coefficient (Wildman–Crippen LogP) is 1.32. The summed E-state index contributed by atoms with van der Waals surface area (Å²) in [7, 11) is 0. The van der Waals surface area contributed by atoms with E-state index in [-0.39, 0.29) is 5.56 Å². The van der Waals surface area contributed by atoms with E-state index >= 15 is 0 Å². The molecule has 0 unspecified atom stereocenters. The first kappa shape index (κ1) is 16.3. The fraction of sp³-hybridized carbons (Fsp3) is 0.250. The summed E-state index contributed by atoms with van der Waals surface area (Å²) in [6, 6.07) is -0.858. The molecule has 1 rings (SSSR count). The maximum absolute atomic E-state index is 13.6. The molecule has 21 heavy (non-hydrogen) atoms. The number of anilines is 1. The van der Waals surface area contributed by atoms with E-state index in [2.05, 4.69) is 0 Å². The zero-order valence-corrected chi connectivity index (χ0v) is 10.8. The van der Waals surface area contributed by atoms with Crippen molar-refractivity contribution in [3.8, 4) is 0 Å². The number of nitrogens with one attached hydrogen (secondary N) is 2. The smallest absolute Gasteiger partial charge is 0.326 e. The number of benzene rings is 1. The first-order valence-electron chi connectivity index (χ1n) is 5.69. The summed E-state index contributed by atoms with van der Waals surface area (Å²) in [5.74, 6) is -5.08. The summed E-state index contributed by atoms with van der Waals surface area (Å²) >= 11 is 0. The number of hydrogen-bond donors (Lipinski definition) is 4. The van der Waals surface area contributed by atoms with Crippen LogP contribution in [0, 0.1) is 18.6 Å². The van der Waals surface area contributed by atoms with Gasteiger partial charge in [-0.25, -0.2) is 18.4 Å². The quantitative estimate of drug-likeness (QED) is 0.654. The molecule has 0 fully saturated rings. The van der Waals surface area contributed by atoms with Crippen LogP contribution in [0.15, 0.2) is 12.1 Å². The molecule has 2 amide bonds. The Morgan fingerprint density at radius 1 is 1.24 bits per heavy atom. The van der Waals surface area contributed by atoms with Crippen molar-refractivity contribution in [2.24, 2.45) is 0 Å². The molecule has 0 spiro atoms. The summed E-state index contributed by atoms with van der Waals surface area (Å²) in [5, 5.41) is 20.9. The van der Waals surface area contributed by atoms with E-state index in [1.165, 1.54) is 6.92 Å². The van der Waals surface area contributed by atoms with Crippen LogP contribution in [-0.4, -0.2) is 34.2 Å². The Morgan fingerprint density at radius 2 is 1.86 bits per heavy atom. The molecule has 0 aromatic heterocycles. The summed E-state index contributed by atoms with van der Waals surface area (Å²) in [4.78, 5) is 32.7. The lowest BCUT2D eigenvalue weighted by Gasteiger charge is -2.14. The highest BCUT2D eigenvalue weighted by Crippen LogP contribution is 2.21. The van der Waals surface area contributed by atoms with E-state index in [9.17, 15) is 23.2 Å². The molecule has 0 aliphatic heterocycles. The van der Waals surface area contributed by atoms with Gasteiger partial charge in [0.05, 0.1) is 6.42 Å². The normalized spacial score (nSPS) is 11.6. The number of amides is 2. The third-order valence-electron chi connectivity index (χ3n) is 2.50. The fourth-order valence-electron chi connectivity index (χ4n) is 1.45. The van der Waals surface area contributed by atoms with Gasteiger partial charge in [-0.3, -0.25) is 4.79 Å². The minimum absolute atomic E-state index is 0.0759. The maximum atomic E-state index is 13.6. The third-order valence-corrected chi connectivity index (χ3v) is 2.50. The molecule has 4 N–H and O–H groups in total. The molecular formula is C12H12F2N2O5. The van der Waals surface area contributed by atoms with Crippen LogP contribution in [0.4, 0.5) is 19.3 Å². The van der Waals surface area contributed by atoms with Gasteiger partial charge in [-0.15, -0.1) is 0 Å². The molecule has 9 heteroatoms. The number of urea groups is 1. The van der Waals surface area contributed by atoms with Crippen molar-refractivity contribution in [2.45, 2.75) is 19.4 Å². The number of rotatable bonds is 5. The lowest BCUT2D eigenvalue weighted by atomic mass is 10.2. The van der Waals surface area contributed by atoms with E-state index in [0.717, 1.165) is 12.1 Å². The van der Waals surface area contributed by atoms with Crippen LogP contribution in [0.2, 0.25) is 0 Å². The van der Waals surface area contributed by atoms with E-state index in [4.69, 9.17) is 10.2 Å². The van der Waals surface area contributed by atoms with Crippen molar-refractivity contribution in [1.82, 2.24) is 5.32 Å². The number of carbonyl (C=O) groups excluding carboxylic acids is 1. The Hall–Kier alpha value is -2.71. The summed E-state index contributed by atoms with van der Waals surface area (Å²) in [6.45, 7) is 1.35. The molecule has 0 saturated carbocycles. The van der Waals surface area contributed by atoms with Gasteiger partial charge in [0.25, 0.3) is 0 Å². The number of carbonyl (C=O) groups is 3. The molecular weight excluding hydrogens is 290 g/mol. The van der Waals surface area contributed by atoms with Gasteiger partial charge in [0.15, 0.2) is 5.82 Å². The molecule has 1 atom stereocenters. The van der Waals surface area contributed by atoms with Crippen molar-refractivity contribution >= 4 is 23.7 Å². The zero-order chi connectivity index (χ0) is 16.2. The molecule has 0 aliphatic rings. The zero-order valence-electron chi connectivity index (χ0n) is 10.8. The first-order chi connectivity index (χ1) is 9.72. The number of hydrogen-bond acceptors (Lipinski definition) is 3. The number of carboxylic acids is 2. The standard InChI is InChI=1S/C12H12F2N2O5/c1-5-2-3-6(13)10(9(5)14)16-12(21)15-7(11(19)20)4-8(17)18/h2-3,7H,4H2,1H3,(H,17,18)(H,19,20)(H2,15,16,21)/t7-/m1/s1. The van der Waals surface area contributed by atoms with Crippen LogP contribution in [0.25, 0.3) is 0 Å². The minimum Gasteiger partial charge on any atom is -0.481 e. The van der Waals surface area contributed by atoms with Gasteiger partial charge in [0, 0.05) is 0 Å². The van der Waals surface area contributed by atoms with Crippen LogP contribution >= 0.6 is 0 Å². The predicted molar refractivity (Wildman–Crippen MR) is 66.9 cm³/mol. The van der Waals surface area contributed by atoms with Gasteiger partial charge in [-0.2, -0.15) is 0 Å². The Bertz CT molecular complexity index is 591. The van der Waals surface area contributed by atoms with E-state index in [1.807, 2.05) is 5.32 Å².